The van der Waals surface area contributed by atoms with Crippen LogP contribution in [0.3, 0.4) is 0 Å². The van der Waals surface area contributed by atoms with Crippen LogP contribution in [-0.2, 0) is 4.79 Å². The van der Waals surface area contributed by atoms with Crippen LogP contribution in [0.25, 0.3) is 0 Å². The van der Waals surface area contributed by atoms with Crippen LogP contribution in [0.15, 0.2) is 24.3 Å². The molecule has 0 aliphatic carbocycles. The number of carbonyl (C=O) groups is 1. The first-order chi connectivity index (χ1) is 7.97. The van der Waals surface area contributed by atoms with Crippen LogP contribution in [0.4, 0.5) is 0 Å². The molecule has 3 nitrogen and oxygen atoms in total. The molecule has 0 aliphatic heterocycles. The maximum Gasteiger partial charge on any atom is 0.226 e. The van der Waals surface area contributed by atoms with Gasteiger partial charge in [-0.2, -0.15) is 0 Å². The van der Waals surface area contributed by atoms with E-state index in [1.54, 1.807) is 4.90 Å². The van der Waals surface area contributed by atoms with Crippen molar-refractivity contribution in [3.05, 3.63) is 35.4 Å². The van der Waals surface area contributed by atoms with Gasteiger partial charge in [-0.25, -0.2) is 0 Å². The molecule has 1 rings (SSSR count). The van der Waals surface area contributed by atoms with Crippen molar-refractivity contribution < 1.29 is 4.79 Å². The summed E-state index contributed by atoms with van der Waals surface area (Å²) in [7, 11) is 1.83. The molecule has 1 aromatic rings. The second-order valence-corrected chi connectivity index (χ2v) is 4.67. The molecule has 0 aromatic heterocycles. The van der Waals surface area contributed by atoms with E-state index in [2.05, 4.69) is 31.2 Å². The first-order valence-corrected chi connectivity index (χ1v) is 6.00. The smallest absolute Gasteiger partial charge is 0.226 e. The van der Waals surface area contributed by atoms with E-state index in [0.29, 0.717) is 6.54 Å². The highest BCUT2D eigenvalue weighted by atomic mass is 16.2. The van der Waals surface area contributed by atoms with E-state index >= 15 is 0 Å². The molecule has 0 heterocycles. The number of nitrogens with zero attached hydrogens (tertiary/aromatic N) is 1. The molecular formula is C14H22N2O. The fraction of sp³-hybridized carbons (Fsp3) is 0.500. The standard InChI is InChI=1S/C14H22N2O/c1-10-5-7-13(8-6-10)12(3)16(4)14(17)11(2)9-15/h5-8,11-12H,9,15H2,1-4H3. The predicted octanol–water partition coefficient (Wildman–Crippen LogP) is 2.11. The lowest BCUT2D eigenvalue weighted by molar-refractivity contribution is -0.135. The van der Waals surface area contributed by atoms with Gasteiger partial charge in [-0.15, -0.1) is 0 Å². The molecule has 1 amide bonds. The Morgan fingerprint density at radius 2 is 1.82 bits per heavy atom. The van der Waals surface area contributed by atoms with Crippen molar-refractivity contribution in [3.63, 3.8) is 0 Å². The fourth-order valence-electron chi connectivity index (χ4n) is 1.71. The molecule has 0 saturated heterocycles. The summed E-state index contributed by atoms with van der Waals surface area (Å²) in [6.07, 6.45) is 0. The molecule has 2 N–H and O–H groups in total. The van der Waals surface area contributed by atoms with Crippen molar-refractivity contribution in [1.82, 2.24) is 4.90 Å². The molecule has 3 heteroatoms. The summed E-state index contributed by atoms with van der Waals surface area (Å²) in [6.45, 7) is 6.34. The van der Waals surface area contributed by atoms with Gasteiger partial charge < -0.3 is 10.6 Å². The van der Waals surface area contributed by atoms with Gasteiger partial charge in [0, 0.05) is 19.5 Å². The zero-order chi connectivity index (χ0) is 13.0. The van der Waals surface area contributed by atoms with Crippen molar-refractivity contribution in [2.24, 2.45) is 11.7 Å². The summed E-state index contributed by atoms with van der Waals surface area (Å²) < 4.78 is 0. The monoisotopic (exact) mass is 234 g/mol. The molecule has 2 unspecified atom stereocenters. The topological polar surface area (TPSA) is 46.3 Å². The number of benzene rings is 1. The van der Waals surface area contributed by atoms with Gasteiger partial charge in [0.25, 0.3) is 0 Å². The summed E-state index contributed by atoms with van der Waals surface area (Å²) >= 11 is 0. The first-order valence-electron chi connectivity index (χ1n) is 6.00. The Balaban J connectivity index is 2.79. The predicted molar refractivity (Wildman–Crippen MR) is 70.6 cm³/mol. The largest absolute Gasteiger partial charge is 0.339 e. The molecule has 0 spiro atoms. The fourth-order valence-corrected chi connectivity index (χ4v) is 1.71. The van der Waals surface area contributed by atoms with Gasteiger partial charge in [-0.1, -0.05) is 36.8 Å². The Kier molecular flexibility index (Phi) is 4.70. The van der Waals surface area contributed by atoms with Crippen LogP contribution >= 0.6 is 0 Å². The van der Waals surface area contributed by atoms with Crippen LogP contribution in [0.2, 0.25) is 0 Å². The lowest BCUT2D eigenvalue weighted by atomic mass is 10.0. The molecule has 0 fully saturated rings. The average Bonchev–Trinajstić information content (AvgIpc) is 2.36. The minimum absolute atomic E-state index is 0.0806. The van der Waals surface area contributed by atoms with E-state index in [4.69, 9.17) is 5.73 Å². The van der Waals surface area contributed by atoms with E-state index in [9.17, 15) is 4.79 Å². The number of carbonyl (C=O) groups excluding carboxylic acids is 1. The third-order valence-electron chi connectivity index (χ3n) is 3.26. The molecule has 0 saturated carbocycles. The molecule has 0 radical (unpaired) electrons. The highest BCUT2D eigenvalue weighted by Crippen LogP contribution is 2.20. The summed E-state index contributed by atoms with van der Waals surface area (Å²) in [5.41, 5.74) is 7.90. The molecule has 0 bridgehead atoms. The number of nitrogens with two attached hydrogens (primary N) is 1. The Morgan fingerprint density at radius 1 is 1.29 bits per heavy atom. The number of amides is 1. The molecule has 0 aliphatic rings. The van der Waals surface area contributed by atoms with E-state index in [1.165, 1.54) is 5.56 Å². The van der Waals surface area contributed by atoms with Crippen LogP contribution in [0.5, 0.6) is 0 Å². The second-order valence-electron chi connectivity index (χ2n) is 4.67. The second kappa shape index (κ2) is 5.82. The van der Waals surface area contributed by atoms with E-state index < -0.39 is 0 Å². The number of hydrogen-bond donors (Lipinski definition) is 1. The van der Waals surface area contributed by atoms with Gasteiger partial charge in [0.1, 0.15) is 0 Å². The summed E-state index contributed by atoms with van der Waals surface area (Å²) in [5, 5.41) is 0. The third kappa shape index (κ3) is 3.30. The van der Waals surface area contributed by atoms with Gasteiger partial charge in [0.05, 0.1) is 6.04 Å². The Morgan fingerprint density at radius 3 is 2.29 bits per heavy atom. The minimum Gasteiger partial charge on any atom is -0.339 e. The van der Waals surface area contributed by atoms with Crippen molar-refractivity contribution in [2.45, 2.75) is 26.8 Å². The summed E-state index contributed by atoms with van der Waals surface area (Å²) in [5.74, 6) is -0.0199. The van der Waals surface area contributed by atoms with E-state index in [0.717, 1.165) is 5.56 Å². The first kappa shape index (κ1) is 13.7. The van der Waals surface area contributed by atoms with Crippen molar-refractivity contribution in [3.8, 4) is 0 Å². The lowest BCUT2D eigenvalue weighted by Gasteiger charge is -2.27. The third-order valence-corrected chi connectivity index (χ3v) is 3.26. The number of rotatable bonds is 4. The molecule has 17 heavy (non-hydrogen) atoms. The summed E-state index contributed by atoms with van der Waals surface area (Å²) in [6, 6.07) is 8.35. The van der Waals surface area contributed by atoms with Crippen molar-refractivity contribution in [1.29, 1.82) is 0 Å². The van der Waals surface area contributed by atoms with E-state index in [-0.39, 0.29) is 17.9 Å². The lowest BCUT2D eigenvalue weighted by Crippen LogP contribution is -2.36. The van der Waals surface area contributed by atoms with Crippen LogP contribution in [0, 0.1) is 12.8 Å². The van der Waals surface area contributed by atoms with Crippen LogP contribution < -0.4 is 5.73 Å². The highest BCUT2D eigenvalue weighted by molar-refractivity contribution is 5.78. The van der Waals surface area contributed by atoms with Crippen LogP contribution in [0.1, 0.15) is 31.0 Å². The normalized spacial score (nSPS) is 14.2. The minimum atomic E-state index is -0.118. The zero-order valence-electron chi connectivity index (χ0n) is 11.1. The van der Waals surface area contributed by atoms with Crippen LogP contribution in [-0.4, -0.2) is 24.4 Å². The maximum absolute atomic E-state index is 12.0. The van der Waals surface area contributed by atoms with Gasteiger partial charge in [0.2, 0.25) is 5.91 Å². The van der Waals surface area contributed by atoms with Gasteiger partial charge in [-0.3, -0.25) is 4.79 Å². The summed E-state index contributed by atoms with van der Waals surface area (Å²) in [4.78, 5) is 13.8. The van der Waals surface area contributed by atoms with Gasteiger partial charge >= 0.3 is 0 Å². The average molecular weight is 234 g/mol. The Hall–Kier alpha value is -1.35. The number of aryl methyl sites for hydroxylation is 1. The molecular weight excluding hydrogens is 212 g/mol. The maximum atomic E-state index is 12.0. The quantitative estimate of drug-likeness (QED) is 0.867. The molecule has 2 atom stereocenters. The van der Waals surface area contributed by atoms with Crippen molar-refractivity contribution in [2.75, 3.05) is 13.6 Å². The molecule has 94 valence electrons. The Labute approximate surface area is 104 Å². The highest BCUT2D eigenvalue weighted by Gasteiger charge is 2.21. The van der Waals surface area contributed by atoms with Crippen molar-refractivity contribution >= 4 is 5.91 Å². The zero-order valence-corrected chi connectivity index (χ0v) is 11.1. The number of hydrogen-bond acceptors (Lipinski definition) is 2. The molecule has 1 aromatic carbocycles. The van der Waals surface area contributed by atoms with Gasteiger partial charge in [-0.05, 0) is 19.4 Å². The Bertz CT molecular complexity index is 372. The van der Waals surface area contributed by atoms with Gasteiger partial charge in [0.15, 0.2) is 0 Å². The van der Waals surface area contributed by atoms with E-state index in [1.807, 2.05) is 20.9 Å². The SMILES string of the molecule is Cc1ccc(C(C)N(C)C(=O)C(C)CN)cc1.